The van der Waals surface area contributed by atoms with Crippen LogP contribution in [0.25, 0.3) is 10.9 Å². The first-order chi connectivity index (χ1) is 10.1. The summed E-state index contributed by atoms with van der Waals surface area (Å²) in [4.78, 5) is 8.59. The fourth-order valence-corrected chi connectivity index (χ4v) is 2.54. The molecular formula is C14H14BrN5O. The van der Waals surface area contributed by atoms with E-state index in [1.165, 1.54) is 6.33 Å². The van der Waals surface area contributed by atoms with Gasteiger partial charge in [-0.15, -0.1) is 0 Å². The maximum atomic E-state index is 5.29. The van der Waals surface area contributed by atoms with Gasteiger partial charge in [-0.2, -0.15) is 5.10 Å². The Balaban J connectivity index is 2.10. The van der Waals surface area contributed by atoms with E-state index in [9.17, 15) is 0 Å². The molecule has 3 rings (SSSR count). The number of nitrogens with one attached hydrogen (secondary N) is 2. The smallest absolute Gasteiger partial charge is 0.156 e. The van der Waals surface area contributed by atoms with Gasteiger partial charge < -0.3 is 10.1 Å². The van der Waals surface area contributed by atoms with E-state index in [2.05, 4.69) is 41.4 Å². The third kappa shape index (κ3) is 2.44. The highest BCUT2D eigenvalue weighted by Crippen LogP contribution is 2.32. The number of H-pyrrole nitrogens is 1. The zero-order valence-electron chi connectivity index (χ0n) is 11.9. The van der Waals surface area contributed by atoms with E-state index in [-0.39, 0.29) is 0 Å². The van der Waals surface area contributed by atoms with Crippen molar-refractivity contribution in [2.24, 2.45) is 0 Å². The van der Waals surface area contributed by atoms with Gasteiger partial charge in [0.15, 0.2) is 5.82 Å². The Morgan fingerprint density at radius 1 is 1.19 bits per heavy atom. The highest BCUT2D eigenvalue weighted by molar-refractivity contribution is 9.10. The first kappa shape index (κ1) is 13.8. The lowest BCUT2D eigenvalue weighted by atomic mass is 10.2. The van der Waals surface area contributed by atoms with E-state index in [1.807, 2.05) is 26.0 Å². The Bertz CT molecular complexity index is 814. The van der Waals surface area contributed by atoms with Crippen LogP contribution < -0.4 is 10.1 Å². The van der Waals surface area contributed by atoms with Gasteiger partial charge in [0.1, 0.15) is 17.9 Å². The molecule has 0 atom stereocenters. The summed E-state index contributed by atoms with van der Waals surface area (Å²) in [7, 11) is 1.63. The summed E-state index contributed by atoms with van der Waals surface area (Å²) in [6.45, 7) is 3.98. The molecular weight excluding hydrogens is 334 g/mol. The second kappa shape index (κ2) is 5.33. The van der Waals surface area contributed by atoms with Crippen LogP contribution >= 0.6 is 15.9 Å². The predicted octanol–water partition coefficient (Wildman–Crippen LogP) is 3.48. The minimum atomic E-state index is 0.706. The van der Waals surface area contributed by atoms with Crippen molar-refractivity contribution in [3.8, 4) is 5.75 Å². The number of nitrogens with zero attached hydrogens (tertiary/aromatic N) is 3. The minimum Gasteiger partial charge on any atom is -0.495 e. The van der Waals surface area contributed by atoms with Crippen LogP contribution in [-0.4, -0.2) is 27.3 Å². The van der Waals surface area contributed by atoms with Crippen LogP contribution in [0.5, 0.6) is 5.75 Å². The maximum absolute atomic E-state index is 5.29. The van der Waals surface area contributed by atoms with Gasteiger partial charge in [-0.05, 0) is 35.8 Å². The van der Waals surface area contributed by atoms with Gasteiger partial charge >= 0.3 is 0 Å². The van der Waals surface area contributed by atoms with E-state index in [0.29, 0.717) is 5.82 Å². The van der Waals surface area contributed by atoms with Crippen molar-refractivity contribution in [1.82, 2.24) is 20.2 Å². The van der Waals surface area contributed by atoms with Gasteiger partial charge in [-0.3, -0.25) is 5.10 Å². The van der Waals surface area contributed by atoms with Crippen molar-refractivity contribution >= 4 is 38.5 Å². The number of hydrogen-bond donors (Lipinski definition) is 2. The second-order valence-corrected chi connectivity index (χ2v) is 5.53. The van der Waals surface area contributed by atoms with Crippen molar-refractivity contribution in [2.75, 3.05) is 12.4 Å². The monoisotopic (exact) mass is 347 g/mol. The van der Waals surface area contributed by atoms with Crippen molar-refractivity contribution in [2.45, 2.75) is 13.8 Å². The average Bonchev–Trinajstić information content (AvgIpc) is 2.79. The molecule has 0 radical (unpaired) electrons. The quantitative estimate of drug-likeness (QED) is 0.758. The summed E-state index contributed by atoms with van der Waals surface area (Å²) in [5, 5.41) is 11.3. The minimum absolute atomic E-state index is 0.706. The van der Waals surface area contributed by atoms with E-state index >= 15 is 0 Å². The molecule has 0 aliphatic heterocycles. The van der Waals surface area contributed by atoms with Crippen LogP contribution in [0.2, 0.25) is 0 Å². The van der Waals surface area contributed by atoms with Crippen LogP contribution in [0.4, 0.5) is 11.6 Å². The second-order valence-electron chi connectivity index (χ2n) is 4.67. The van der Waals surface area contributed by atoms with Gasteiger partial charge in [-0.1, -0.05) is 0 Å². The largest absolute Gasteiger partial charge is 0.495 e. The summed E-state index contributed by atoms with van der Waals surface area (Å²) >= 11 is 3.49. The molecule has 0 aliphatic carbocycles. The Hall–Kier alpha value is -2.15. The van der Waals surface area contributed by atoms with E-state index < -0.39 is 0 Å². The third-order valence-electron chi connectivity index (χ3n) is 3.40. The molecule has 6 nitrogen and oxygen atoms in total. The molecule has 108 valence electrons. The molecule has 1 aromatic carbocycles. The van der Waals surface area contributed by atoms with E-state index in [4.69, 9.17) is 4.74 Å². The first-order valence-electron chi connectivity index (χ1n) is 6.37. The summed E-state index contributed by atoms with van der Waals surface area (Å²) < 4.78 is 6.14. The molecule has 0 spiro atoms. The van der Waals surface area contributed by atoms with Crippen molar-refractivity contribution in [1.29, 1.82) is 0 Å². The van der Waals surface area contributed by atoms with E-state index in [1.54, 1.807) is 7.11 Å². The Labute approximate surface area is 130 Å². The maximum Gasteiger partial charge on any atom is 0.156 e. The number of aromatic amines is 1. The number of halogens is 1. The highest BCUT2D eigenvalue weighted by Gasteiger charge is 2.11. The lowest BCUT2D eigenvalue weighted by molar-refractivity contribution is 0.412. The van der Waals surface area contributed by atoms with Crippen molar-refractivity contribution < 1.29 is 4.74 Å². The van der Waals surface area contributed by atoms with Crippen molar-refractivity contribution in [3.63, 3.8) is 0 Å². The van der Waals surface area contributed by atoms with Crippen molar-refractivity contribution in [3.05, 3.63) is 34.2 Å². The molecule has 0 saturated carbocycles. The normalized spacial score (nSPS) is 10.9. The first-order valence-corrected chi connectivity index (χ1v) is 7.16. The fraction of sp³-hybridized carbons (Fsp3) is 0.214. The zero-order chi connectivity index (χ0) is 15.0. The van der Waals surface area contributed by atoms with Gasteiger partial charge in [0.25, 0.3) is 0 Å². The fourth-order valence-electron chi connectivity index (χ4n) is 2.03. The van der Waals surface area contributed by atoms with Gasteiger partial charge in [0.05, 0.1) is 17.1 Å². The molecule has 2 heterocycles. The predicted molar refractivity (Wildman–Crippen MR) is 85.1 cm³/mol. The van der Waals surface area contributed by atoms with Crippen LogP contribution in [0.3, 0.4) is 0 Å². The molecule has 21 heavy (non-hydrogen) atoms. The lowest BCUT2D eigenvalue weighted by Crippen LogP contribution is -1.98. The molecule has 0 aliphatic rings. The number of benzene rings is 1. The lowest BCUT2D eigenvalue weighted by Gasteiger charge is -2.09. The number of hydrogen-bond acceptors (Lipinski definition) is 5. The highest BCUT2D eigenvalue weighted by atomic mass is 79.9. The summed E-state index contributed by atoms with van der Waals surface area (Å²) in [6.07, 6.45) is 1.52. The Kier molecular flexibility index (Phi) is 3.50. The molecule has 0 saturated heterocycles. The summed E-state index contributed by atoms with van der Waals surface area (Å²) in [6, 6.07) is 3.81. The standard InChI is InChI=1S/C14H14BrN5O/c1-7-8(2)19-20-13(7)18-14-9-4-10(15)12(21-3)5-11(9)16-6-17-14/h4-6H,1-3H3,(H2,16,17,18,19,20). The Morgan fingerprint density at radius 2 is 2.00 bits per heavy atom. The van der Waals surface area contributed by atoms with Gasteiger partial charge in [0, 0.05) is 22.7 Å². The number of anilines is 2. The van der Waals surface area contributed by atoms with Crippen LogP contribution in [-0.2, 0) is 0 Å². The molecule has 7 heteroatoms. The number of methoxy groups -OCH3 is 1. The topological polar surface area (TPSA) is 75.7 Å². The van der Waals surface area contributed by atoms with Crippen LogP contribution in [0, 0.1) is 13.8 Å². The molecule has 3 aromatic rings. The average molecular weight is 348 g/mol. The molecule has 0 amide bonds. The van der Waals surface area contributed by atoms with Gasteiger partial charge in [-0.25, -0.2) is 9.97 Å². The molecule has 2 N–H and O–H groups in total. The number of rotatable bonds is 3. The Morgan fingerprint density at radius 3 is 2.67 bits per heavy atom. The number of fused-ring (bicyclic) bond motifs is 1. The summed E-state index contributed by atoms with van der Waals surface area (Å²) in [5.74, 6) is 2.20. The third-order valence-corrected chi connectivity index (χ3v) is 4.02. The zero-order valence-corrected chi connectivity index (χ0v) is 13.4. The number of aromatic nitrogens is 4. The number of aryl methyl sites for hydroxylation is 1. The van der Waals surface area contributed by atoms with E-state index in [0.717, 1.165) is 38.2 Å². The molecule has 0 fully saturated rings. The molecule has 0 unspecified atom stereocenters. The SMILES string of the molecule is COc1cc2ncnc(Nc3n[nH]c(C)c3C)c2cc1Br. The van der Waals surface area contributed by atoms with Crippen LogP contribution in [0.15, 0.2) is 22.9 Å². The molecule has 2 aromatic heterocycles. The molecule has 0 bridgehead atoms. The van der Waals surface area contributed by atoms with Crippen LogP contribution in [0.1, 0.15) is 11.3 Å². The number of ether oxygens (including phenoxy) is 1. The summed E-state index contributed by atoms with van der Waals surface area (Å²) in [5.41, 5.74) is 2.89. The van der Waals surface area contributed by atoms with Gasteiger partial charge in [0.2, 0.25) is 0 Å².